The van der Waals surface area contributed by atoms with Gasteiger partial charge in [-0.2, -0.15) is 4.98 Å². The number of rotatable bonds is 5. The summed E-state index contributed by atoms with van der Waals surface area (Å²) in [5.41, 5.74) is 4.36. The van der Waals surface area contributed by atoms with E-state index in [4.69, 9.17) is 9.15 Å². The zero-order valence-electron chi connectivity index (χ0n) is 13.8. The smallest absolute Gasteiger partial charge is 0.228 e. The number of methoxy groups -OCH3 is 1. The van der Waals surface area contributed by atoms with Crippen LogP contribution in [0.3, 0.4) is 0 Å². The number of fused-ring (bicyclic) bond motifs is 1. The van der Waals surface area contributed by atoms with Crippen molar-refractivity contribution in [3.8, 4) is 17.2 Å². The molecule has 1 N–H and O–H groups in total. The molecule has 2 heterocycles. The Morgan fingerprint density at radius 2 is 1.84 bits per heavy atom. The summed E-state index contributed by atoms with van der Waals surface area (Å²) in [4.78, 5) is 8.61. The molecule has 0 radical (unpaired) electrons. The second-order valence-electron chi connectivity index (χ2n) is 5.59. The SMILES string of the molecule is COc1ccccc1CNc1ccc(-c2nc3ncccc3o2)cc1. The number of pyridine rings is 1. The van der Waals surface area contributed by atoms with E-state index in [1.807, 2.05) is 60.7 Å². The van der Waals surface area contributed by atoms with Gasteiger partial charge in [0, 0.05) is 29.6 Å². The summed E-state index contributed by atoms with van der Waals surface area (Å²) in [6.07, 6.45) is 1.71. The summed E-state index contributed by atoms with van der Waals surface area (Å²) < 4.78 is 11.1. The van der Waals surface area contributed by atoms with Gasteiger partial charge in [0.05, 0.1) is 7.11 Å². The van der Waals surface area contributed by atoms with Gasteiger partial charge < -0.3 is 14.5 Å². The number of nitrogens with one attached hydrogen (secondary N) is 1. The molecule has 0 saturated carbocycles. The van der Waals surface area contributed by atoms with Gasteiger partial charge in [-0.3, -0.25) is 0 Å². The van der Waals surface area contributed by atoms with Crippen LogP contribution in [0.4, 0.5) is 5.69 Å². The summed E-state index contributed by atoms with van der Waals surface area (Å²) in [6, 6.07) is 19.7. The van der Waals surface area contributed by atoms with Crippen molar-refractivity contribution in [1.29, 1.82) is 0 Å². The molecule has 2 aromatic heterocycles. The molecule has 0 aliphatic rings. The van der Waals surface area contributed by atoms with E-state index in [0.29, 0.717) is 23.7 Å². The van der Waals surface area contributed by atoms with E-state index in [0.717, 1.165) is 22.6 Å². The van der Waals surface area contributed by atoms with Crippen molar-refractivity contribution < 1.29 is 9.15 Å². The van der Waals surface area contributed by atoms with Crippen LogP contribution in [0, 0.1) is 0 Å². The zero-order chi connectivity index (χ0) is 17.1. The predicted octanol–water partition coefficient (Wildman–Crippen LogP) is 4.51. The quantitative estimate of drug-likeness (QED) is 0.583. The first kappa shape index (κ1) is 15.2. The van der Waals surface area contributed by atoms with Crippen LogP contribution in [0.1, 0.15) is 5.56 Å². The van der Waals surface area contributed by atoms with E-state index >= 15 is 0 Å². The number of hydrogen-bond donors (Lipinski definition) is 1. The molecule has 5 nitrogen and oxygen atoms in total. The van der Waals surface area contributed by atoms with Crippen molar-refractivity contribution in [1.82, 2.24) is 9.97 Å². The van der Waals surface area contributed by atoms with Crippen LogP contribution in [-0.2, 0) is 6.54 Å². The number of oxazole rings is 1. The first-order valence-electron chi connectivity index (χ1n) is 8.01. The lowest BCUT2D eigenvalue weighted by atomic mass is 10.1. The van der Waals surface area contributed by atoms with Gasteiger partial charge >= 0.3 is 0 Å². The Hall–Kier alpha value is -3.34. The Morgan fingerprint density at radius 3 is 2.64 bits per heavy atom. The Labute approximate surface area is 145 Å². The Morgan fingerprint density at radius 1 is 1.00 bits per heavy atom. The van der Waals surface area contributed by atoms with Crippen molar-refractivity contribution in [3.63, 3.8) is 0 Å². The average molecular weight is 331 g/mol. The highest BCUT2D eigenvalue weighted by molar-refractivity contribution is 5.72. The molecule has 4 rings (SSSR count). The van der Waals surface area contributed by atoms with Gasteiger partial charge in [0.15, 0.2) is 11.2 Å². The molecular formula is C20H17N3O2. The van der Waals surface area contributed by atoms with Crippen molar-refractivity contribution in [2.45, 2.75) is 6.54 Å². The number of benzene rings is 2. The second kappa shape index (κ2) is 6.65. The van der Waals surface area contributed by atoms with Crippen molar-refractivity contribution in [2.24, 2.45) is 0 Å². The summed E-state index contributed by atoms with van der Waals surface area (Å²) in [5, 5.41) is 3.40. The monoisotopic (exact) mass is 331 g/mol. The number of para-hydroxylation sites is 1. The van der Waals surface area contributed by atoms with Crippen LogP contribution < -0.4 is 10.1 Å². The van der Waals surface area contributed by atoms with Crippen LogP contribution in [-0.4, -0.2) is 17.1 Å². The average Bonchev–Trinajstić information content (AvgIpc) is 3.11. The molecule has 0 aliphatic carbocycles. The van der Waals surface area contributed by atoms with E-state index < -0.39 is 0 Å². The van der Waals surface area contributed by atoms with Gasteiger partial charge in [-0.05, 0) is 42.5 Å². The minimum absolute atomic E-state index is 0.574. The minimum atomic E-state index is 0.574. The first-order chi connectivity index (χ1) is 12.3. The number of anilines is 1. The van der Waals surface area contributed by atoms with Crippen LogP contribution in [0.5, 0.6) is 5.75 Å². The van der Waals surface area contributed by atoms with E-state index in [1.165, 1.54) is 0 Å². The Bertz CT molecular complexity index is 960. The summed E-state index contributed by atoms with van der Waals surface area (Å²) in [5.74, 6) is 1.45. The first-order valence-corrected chi connectivity index (χ1v) is 8.01. The molecule has 0 fully saturated rings. The molecule has 0 aliphatic heterocycles. The summed E-state index contributed by atoms with van der Waals surface area (Å²) in [7, 11) is 1.68. The lowest BCUT2D eigenvalue weighted by Crippen LogP contribution is -2.01. The number of nitrogens with zero attached hydrogens (tertiary/aromatic N) is 2. The highest BCUT2D eigenvalue weighted by Crippen LogP contribution is 2.25. The van der Waals surface area contributed by atoms with Crippen LogP contribution in [0.2, 0.25) is 0 Å². The Kier molecular flexibility index (Phi) is 4.04. The van der Waals surface area contributed by atoms with Gasteiger partial charge in [-0.15, -0.1) is 0 Å². The van der Waals surface area contributed by atoms with E-state index in [9.17, 15) is 0 Å². The maximum Gasteiger partial charge on any atom is 0.228 e. The fourth-order valence-corrected chi connectivity index (χ4v) is 2.67. The van der Waals surface area contributed by atoms with Gasteiger partial charge in [0.1, 0.15) is 5.75 Å². The second-order valence-corrected chi connectivity index (χ2v) is 5.59. The molecule has 0 spiro atoms. The molecule has 124 valence electrons. The molecule has 0 amide bonds. The predicted molar refractivity (Wildman–Crippen MR) is 97.6 cm³/mol. The molecule has 0 unspecified atom stereocenters. The largest absolute Gasteiger partial charge is 0.496 e. The zero-order valence-corrected chi connectivity index (χ0v) is 13.8. The normalized spacial score (nSPS) is 10.8. The van der Waals surface area contributed by atoms with Crippen LogP contribution in [0.25, 0.3) is 22.7 Å². The number of aromatic nitrogens is 2. The lowest BCUT2D eigenvalue weighted by molar-refractivity contribution is 0.410. The van der Waals surface area contributed by atoms with Crippen LogP contribution in [0.15, 0.2) is 71.3 Å². The molecular weight excluding hydrogens is 314 g/mol. The van der Waals surface area contributed by atoms with Crippen LogP contribution >= 0.6 is 0 Å². The third kappa shape index (κ3) is 3.17. The van der Waals surface area contributed by atoms with Gasteiger partial charge in [0.25, 0.3) is 0 Å². The van der Waals surface area contributed by atoms with Gasteiger partial charge in [-0.25, -0.2) is 4.98 Å². The number of ether oxygens (including phenoxy) is 1. The maximum atomic E-state index is 5.74. The van der Waals surface area contributed by atoms with Crippen molar-refractivity contribution in [3.05, 3.63) is 72.4 Å². The van der Waals surface area contributed by atoms with Crippen molar-refractivity contribution in [2.75, 3.05) is 12.4 Å². The third-order valence-corrected chi connectivity index (χ3v) is 3.97. The highest BCUT2D eigenvalue weighted by Gasteiger charge is 2.08. The fraction of sp³-hybridized carbons (Fsp3) is 0.100. The molecule has 4 aromatic rings. The third-order valence-electron chi connectivity index (χ3n) is 3.97. The molecule has 0 bridgehead atoms. The standard InChI is InChI=1S/C20H17N3O2/c1-24-17-6-3-2-5-15(17)13-22-16-10-8-14(9-11-16)20-23-19-18(25-20)7-4-12-21-19/h2-12,22H,13H2,1H3. The van der Waals surface area contributed by atoms with E-state index in [1.54, 1.807) is 13.3 Å². The fourth-order valence-electron chi connectivity index (χ4n) is 2.67. The Balaban J connectivity index is 1.50. The minimum Gasteiger partial charge on any atom is -0.496 e. The summed E-state index contributed by atoms with van der Waals surface area (Å²) >= 11 is 0. The number of hydrogen-bond acceptors (Lipinski definition) is 5. The molecule has 5 heteroatoms. The topological polar surface area (TPSA) is 60.2 Å². The molecule has 25 heavy (non-hydrogen) atoms. The van der Waals surface area contributed by atoms with E-state index in [2.05, 4.69) is 15.3 Å². The molecule has 0 atom stereocenters. The lowest BCUT2D eigenvalue weighted by Gasteiger charge is -2.10. The van der Waals surface area contributed by atoms with Crippen molar-refractivity contribution >= 4 is 16.9 Å². The summed E-state index contributed by atoms with van der Waals surface area (Å²) in [6.45, 7) is 0.691. The molecule has 0 saturated heterocycles. The van der Waals surface area contributed by atoms with E-state index in [-0.39, 0.29) is 0 Å². The van der Waals surface area contributed by atoms with Gasteiger partial charge in [-0.1, -0.05) is 18.2 Å². The highest BCUT2D eigenvalue weighted by atomic mass is 16.5. The maximum absolute atomic E-state index is 5.74. The molecule has 2 aromatic carbocycles. The van der Waals surface area contributed by atoms with Gasteiger partial charge in [0.2, 0.25) is 5.89 Å².